The van der Waals surface area contributed by atoms with Crippen LogP contribution in [0.3, 0.4) is 0 Å². The summed E-state index contributed by atoms with van der Waals surface area (Å²) < 4.78 is 12.1. The summed E-state index contributed by atoms with van der Waals surface area (Å²) in [7, 11) is 8.38. The van der Waals surface area contributed by atoms with Crippen molar-refractivity contribution in [2.75, 3.05) is 66.9 Å². The van der Waals surface area contributed by atoms with Crippen molar-refractivity contribution in [1.29, 1.82) is 0 Å². The van der Waals surface area contributed by atoms with Crippen LogP contribution in [0.15, 0.2) is 54.6 Å². The molecule has 0 bridgehead atoms. The molecule has 19 heteroatoms. The van der Waals surface area contributed by atoms with E-state index in [0.29, 0.717) is 50.9 Å². The molecule has 2 aromatic carbocycles. The van der Waals surface area contributed by atoms with Gasteiger partial charge in [0.25, 0.3) is 0 Å². The number of nitrogens with one attached hydrogen (secondary N) is 6. The Balaban J connectivity index is 1.70. The lowest BCUT2D eigenvalue weighted by Crippen LogP contribution is -2.56. The molecule has 1 heterocycles. The number of anilines is 1. The molecule has 1 fully saturated rings. The Hall–Kier alpha value is -5.63. The van der Waals surface area contributed by atoms with Crippen LogP contribution in [0.1, 0.15) is 104 Å². The number of hydrogen-bond donors (Lipinski definition) is 7. The number of carbonyl (C=O) groups excluding carboxylic acids is 7. The topological polar surface area (TPSA) is 246 Å². The summed E-state index contributed by atoms with van der Waals surface area (Å²) in [6, 6.07) is 13.1. The minimum Gasteiger partial charge on any atom is -0.379 e. The second-order valence-corrected chi connectivity index (χ2v) is 19.8. The zero-order valence-corrected chi connectivity index (χ0v) is 45.5. The highest BCUT2D eigenvalue weighted by Crippen LogP contribution is 2.29. The van der Waals surface area contributed by atoms with Crippen molar-refractivity contribution in [3.63, 3.8) is 0 Å². The van der Waals surface area contributed by atoms with Gasteiger partial charge in [0.1, 0.15) is 6.04 Å². The number of hydrogen-bond acceptors (Lipinski definition) is 11. The van der Waals surface area contributed by atoms with Crippen molar-refractivity contribution in [2.45, 2.75) is 148 Å². The van der Waals surface area contributed by atoms with Gasteiger partial charge in [0, 0.05) is 53.0 Å². The lowest BCUT2D eigenvalue weighted by molar-refractivity contribution is -0.146. The highest BCUT2D eigenvalue weighted by atomic mass is 16.5. The van der Waals surface area contributed by atoms with E-state index in [1.165, 1.54) is 14.2 Å². The molecule has 8 amide bonds. The van der Waals surface area contributed by atoms with Gasteiger partial charge in [-0.05, 0) is 87.8 Å². The molecule has 19 nitrogen and oxygen atoms in total. The molecule has 2 aromatic rings. The first kappa shape index (κ1) is 61.7. The normalized spacial score (nSPS) is 16.8. The van der Waals surface area contributed by atoms with Crippen molar-refractivity contribution >= 4 is 47.2 Å². The number of unbranched alkanes of at least 4 members (excludes halogenated alkanes) is 1. The number of nitrogens with zero attached hydrogens (tertiary/aromatic N) is 3. The average molecular weight is 1020 g/mol. The molecule has 1 saturated heterocycles. The number of likely N-dealkylation sites (tertiary alicyclic amines) is 1. The molecule has 1 aliphatic rings. The van der Waals surface area contributed by atoms with Crippen molar-refractivity contribution in [2.24, 2.45) is 23.5 Å². The number of rotatable bonds is 32. The molecular formula is C54H88N10O9. The van der Waals surface area contributed by atoms with Crippen LogP contribution < -0.4 is 37.6 Å². The van der Waals surface area contributed by atoms with E-state index < -0.39 is 60.1 Å². The summed E-state index contributed by atoms with van der Waals surface area (Å²) in [6.07, 6.45) is 3.85. The second kappa shape index (κ2) is 31.8. The molecule has 1 aliphatic heterocycles. The van der Waals surface area contributed by atoms with Gasteiger partial charge in [0.15, 0.2) is 0 Å². The molecule has 0 radical (unpaired) electrons. The lowest BCUT2D eigenvalue weighted by Gasteiger charge is -2.39. The number of benzene rings is 2. The molecule has 0 aromatic heterocycles. The van der Waals surface area contributed by atoms with Gasteiger partial charge in [-0.15, -0.1) is 0 Å². The largest absolute Gasteiger partial charge is 0.379 e. The predicted octanol–water partition coefficient (Wildman–Crippen LogP) is 3.80. The quantitative estimate of drug-likeness (QED) is 0.0520. The van der Waals surface area contributed by atoms with E-state index in [9.17, 15) is 33.6 Å². The fraction of sp³-hybridized carbons (Fsp3) is 0.648. The molecule has 408 valence electrons. The smallest absolute Gasteiger partial charge is 0.312 e. The van der Waals surface area contributed by atoms with Crippen molar-refractivity contribution in [1.82, 2.24) is 41.3 Å². The van der Waals surface area contributed by atoms with Crippen LogP contribution in [-0.2, 0) is 51.2 Å². The average Bonchev–Trinajstić information content (AvgIpc) is 3.86. The Morgan fingerprint density at radius 3 is 2.08 bits per heavy atom. The Morgan fingerprint density at radius 2 is 1.49 bits per heavy atom. The van der Waals surface area contributed by atoms with Crippen LogP contribution in [0, 0.1) is 17.8 Å². The van der Waals surface area contributed by atoms with Crippen LogP contribution in [0.25, 0.3) is 0 Å². The summed E-state index contributed by atoms with van der Waals surface area (Å²) in [4.78, 5) is 99.1. The molecule has 2 unspecified atom stereocenters. The van der Waals surface area contributed by atoms with Gasteiger partial charge in [-0.25, -0.2) is 4.79 Å². The summed E-state index contributed by atoms with van der Waals surface area (Å²) >= 11 is 0. The Morgan fingerprint density at radius 1 is 0.808 bits per heavy atom. The van der Waals surface area contributed by atoms with E-state index in [2.05, 4.69) is 38.8 Å². The van der Waals surface area contributed by atoms with Gasteiger partial charge in [0.2, 0.25) is 35.4 Å². The van der Waals surface area contributed by atoms with Crippen LogP contribution >= 0.6 is 0 Å². The van der Waals surface area contributed by atoms with Crippen molar-refractivity contribution in [3.8, 4) is 0 Å². The third-order valence-corrected chi connectivity index (χ3v) is 14.2. The first-order valence-electron chi connectivity index (χ1n) is 26.1. The maximum absolute atomic E-state index is 14.4. The first-order valence-corrected chi connectivity index (χ1v) is 26.1. The molecule has 9 atom stereocenters. The number of likely N-dealkylation sites (N-methyl/N-ethyl adjacent to an activating group) is 3. The number of ether oxygens (including phenoxy) is 2. The first-order chi connectivity index (χ1) is 34.8. The SMILES string of the molecule is CCCCN(C)C(C(=O)NCC(=O)N(C)C([C@@H](C)CC)[C@@H](CC(=O)N1CCC[C@H]1[C@H](OC)[C@@H](C)C(=O)N[C@@H](Cc1ccccc1)C(=O)NCc1ccc(NC(=O)[C@H](CCCNC(N)=O)NC)cc1)OC)C(C)C. The number of urea groups is 1. The minimum atomic E-state index is -0.942. The Bertz CT molecular complexity index is 2040. The fourth-order valence-electron chi connectivity index (χ4n) is 9.81. The fourth-order valence-corrected chi connectivity index (χ4v) is 9.81. The third-order valence-electron chi connectivity index (χ3n) is 14.2. The molecule has 0 spiro atoms. The van der Waals surface area contributed by atoms with Gasteiger partial charge < -0.3 is 56.9 Å². The zero-order valence-electron chi connectivity index (χ0n) is 45.5. The second-order valence-electron chi connectivity index (χ2n) is 19.8. The van der Waals surface area contributed by atoms with Crippen molar-refractivity contribution in [3.05, 3.63) is 65.7 Å². The highest BCUT2D eigenvalue weighted by Gasteiger charge is 2.42. The molecule has 0 saturated carbocycles. The third kappa shape index (κ3) is 19.3. The maximum atomic E-state index is 14.4. The summed E-state index contributed by atoms with van der Waals surface area (Å²) in [6.45, 7) is 13.4. The molecule has 0 aliphatic carbocycles. The van der Waals surface area contributed by atoms with Crippen LogP contribution in [-0.4, -0.2) is 160 Å². The minimum absolute atomic E-state index is 0.0208. The predicted molar refractivity (Wildman–Crippen MR) is 284 cm³/mol. The maximum Gasteiger partial charge on any atom is 0.312 e. The number of primary amides is 1. The Labute approximate surface area is 434 Å². The lowest BCUT2D eigenvalue weighted by atomic mass is 9.90. The molecular weight excluding hydrogens is 933 g/mol. The van der Waals surface area contributed by atoms with E-state index >= 15 is 0 Å². The molecule has 8 N–H and O–H groups in total. The molecule has 3 rings (SSSR count). The number of amides is 8. The van der Waals surface area contributed by atoms with Gasteiger partial charge in [-0.2, -0.15) is 0 Å². The molecule has 73 heavy (non-hydrogen) atoms. The van der Waals surface area contributed by atoms with E-state index in [4.69, 9.17) is 15.2 Å². The summed E-state index contributed by atoms with van der Waals surface area (Å²) in [5.41, 5.74) is 7.32. The van der Waals surface area contributed by atoms with Crippen LogP contribution in [0.2, 0.25) is 0 Å². The Kier molecular flexibility index (Phi) is 26.9. The number of methoxy groups -OCH3 is 2. The number of nitrogens with two attached hydrogens (primary N) is 1. The standard InChI is InChI=1S/C54H88N10O9/c1-12-14-29-62(8)47(35(3)4)53(70)59-34-46(66)63(9)48(36(5)13-2)44(72-10)32-45(65)64-30-19-23-43(64)49(73-11)37(6)50(67)61-42(31-38-20-16-15-17-21-38)51(68)58-33-39-24-26-40(27-25-39)60-52(69)41(56-7)22-18-28-57-54(55)71/h15-17,20-21,24-27,35-37,41-44,47-49,56H,12-14,18-19,22-23,28-34H2,1-11H3,(H,58,68)(H,59,70)(H,60,69)(H,61,67)(H3,55,57,71)/t36-,37+,41-,42-,43-,44+,47?,48?,49+/m0/s1. The van der Waals surface area contributed by atoms with Gasteiger partial charge in [-0.3, -0.25) is 33.7 Å². The van der Waals surface area contributed by atoms with Gasteiger partial charge in [-0.1, -0.05) is 96.8 Å². The number of carbonyl (C=O) groups is 7. The van der Waals surface area contributed by atoms with E-state index in [0.717, 1.165) is 30.5 Å². The summed E-state index contributed by atoms with van der Waals surface area (Å²) in [5.74, 6) is -2.48. The van der Waals surface area contributed by atoms with E-state index in [1.54, 1.807) is 55.1 Å². The van der Waals surface area contributed by atoms with Crippen molar-refractivity contribution < 1.29 is 43.0 Å². The van der Waals surface area contributed by atoms with E-state index in [-0.39, 0.29) is 67.4 Å². The summed E-state index contributed by atoms with van der Waals surface area (Å²) in [5, 5.41) is 17.2. The van der Waals surface area contributed by atoms with Crippen LogP contribution in [0.5, 0.6) is 0 Å². The van der Waals surface area contributed by atoms with Gasteiger partial charge >= 0.3 is 6.03 Å². The van der Waals surface area contributed by atoms with Gasteiger partial charge in [0.05, 0.1) is 55.3 Å². The monoisotopic (exact) mass is 1020 g/mol. The highest BCUT2D eigenvalue weighted by molar-refractivity contribution is 5.95. The van der Waals surface area contributed by atoms with E-state index in [1.807, 2.05) is 70.0 Å². The van der Waals surface area contributed by atoms with Crippen LogP contribution in [0.4, 0.5) is 10.5 Å². The zero-order chi connectivity index (χ0) is 54.2.